The van der Waals surface area contributed by atoms with Gasteiger partial charge in [-0.1, -0.05) is 133 Å². The van der Waals surface area contributed by atoms with Crippen LogP contribution in [0.1, 0.15) is 0 Å². The molecular formula is C50H34N2O. The molecule has 10 rings (SSSR count). The monoisotopic (exact) mass is 678 g/mol. The van der Waals surface area contributed by atoms with E-state index in [1.54, 1.807) is 0 Å². The Hall–Kier alpha value is -7.10. The lowest BCUT2D eigenvalue weighted by Gasteiger charge is -2.27. The van der Waals surface area contributed by atoms with Crippen LogP contribution in [0.4, 0.5) is 28.4 Å². The third-order valence-corrected chi connectivity index (χ3v) is 10.2. The molecule has 0 radical (unpaired) electrons. The van der Waals surface area contributed by atoms with Gasteiger partial charge in [-0.15, -0.1) is 0 Å². The van der Waals surface area contributed by atoms with Gasteiger partial charge in [0, 0.05) is 44.3 Å². The van der Waals surface area contributed by atoms with Gasteiger partial charge in [0.15, 0.2) is 0 Å². The molecule has 0 aliphatic heterocycles. The van der Waals surface area contributed by atoms with E-state index in [1.807, 2.05) is 6.07 Å². The zero-order valence-electron chi connectivity index (χ0n) is 28.9. The van der Waals surface area contributed by atoms with Crippen molar-refractivity contribution in [2.75, 3.05) is 10.2 Å². The zero-order valence-corrected chi connectivity index (χ0v) is 28.9. The van der Waals surface area contributed by atoms with Crippen LogP contribution < -0.4 is 10.2 Å². The van der Waals surface area contributed by atoms with Gasteiger partial charge < -0.3 is 14.6 Å². The van der Waals surface area contributed by atoms with Crippen molar-refractivity contribution in [3.05, 3.63) is 200 Å². The molecule has 0 atom stereocenters. The molecule has 0 saturated carbocycles. The number of nitrogens with zero attached hydrogens (tertiary/aromatic N) is 1. The van der Waals surface area contributed by atoms with Crippen molar-refractivity contribution >= 4 is 71.9 Å². The van der Waals surface area contributed by atoms with Crippen LogP contribution >= 0.6 is 0 Å². The van der Waals surface area contributed by atoms with Crippen molar-refractivity contribution in [2.24, 2.45) is 0 Å². The standard InChI is InChI=1S/C50H34N2O/c1-2-9-34(10-3-1)35-17-24-40(25-18-35)51-41-26-19-36(20-27-41)37-21-28-42(29-22-37)52(48-16-8-13-38-11-4-6-14-44(38)48)43-30-32-49-47(33-43)46-31-23-39-12-5-7-15-45(39)50(46)53-49/h1-33,51H. The number of fused-ring (bicyclic) bond motifs is 6. The summed E-state index contributed by atoms with van der Waals surface area (Å²) in [6, 6.07) is 71.0. The lowest BCUT2D eigenvalue weighted by Crippen LogP contribution is -2.10. The molecule has 0 fully saturated rings. The first-order valence-corrected chi connectivity index (χ1v) is 18.0. The van der Waals surface area contributed by atoms with Gasteiger partial charge >= 0.3 is 0 Å². The highest BCUT2D eigenvalue weighted by Gasteiger charge is 2.18. The minimum atomic E-state index is 0.885. The van der Waals surface area contributed by atoms with E-state index < -0.39 is 0 Å². The van der Waals surface area contributed by atoms with Crippen LogP contribution in [0.25, 0.3) is 65.7 Å². The lowest BCUT2D eigenvalue weighted by molar-refractivity contribution is 0.672. The second kappa shape index (κ2) is 12.9. The Morgan fingerprint density at radius 1 is 0.358 bits per heavy atom. The largest absolute Gasteiger partial charge is 0.455 e. The van der Waals surface area contributed by atoms with Gasteiger partial charge in [0.25, 0.3) is 0 Å². The summed E-state index contributed by atoms with van der Waals surface area (Å²) in [4.78, 5) is 2.36. The van der Waals surface area contributed by atoms with Gasteiger partial charge in [-0.2, -0.15) is 0 Å². The molecule has 0 bridgehead atoms. The first-order chi connectivity index (χ1) is 26.2. The Morgan fingerprint density at radius 3 is 1.60 bits per heavy atom. The Balaban J connectivity index is 0.986. The van der Waals surface area contributed by atoms with Gasteiger partial charge in [0.1, 0.15) is 11.2 Å². The van der Waals surface area contributed by atoms with Crippen LogP contribution in [0.5, 0.6) is 0 Å². The van der Waals surface area contributed by atoms with E-state index in [1.165, 1.54) is 27.3 Å². The molecule has 0 amide bonds. The van der Waals surface area contributed by atoms with Gasteiger partial charge in [-0.05, 0) is 99.8 Å². The fourth-order valence-corrected chi connectivity index (χ4v) is 7.55. The number of anilines is 5. The highest BCUT2D eigenvalue weighted by molar-refractivity contribution is 6.16. The number of nitrogens with one attached hydrogen (secondary N) is 1. The van der Waals surface area contributed by atoms with Gasteiger partial charge in [-0.3, -0.25) is 0 Å². The molecule has 1 N–H and O–H groups in total. The second-order valence-electron chi connectivity index (χ2n) is 13.5. The molecule has 3 nitrogen and oxygen atoms in total. The normalized spacial score (nSPS) is 11.4. The van der Waals surface area contributed by atoms with E-state index in [2.05, 4.69) is 204 Å². The predicted molar refractivity (Wildman–Crippen MR) is 224 cm³/mol. The van der Waals surface area contributed by atoms with Crippen LogP contribution in [0.2, 0.25) is 0 Å². The molecule has 3 heteroatoms. The average molecular weight is 679 g/mol. The summed E-state index contributed by atoms with van der Waals surface area (Å²) in [5.41, 5.74) is 12.0. The van der Waals surface area contributed by atoms with Crippen LogP contribution in [0, 0.1) is 0 Å². The van der Waals surface area contributed by atoms with E-state index in [9.17, 15) is 0 Å². The van der Waals surface area contributed by atoms with Gasteiger partial charge in [0.2, 0.25) is 0 Å². The summed E-state index contributed by atoms with van der Waals surface area (Å²) in [5.74, 6) is 0. The van der Waals surface area contributed by atoms with Crippen molar-refractivity contribution in [1.29, 1.82) is 0 Å². The number of hydrogen-bond donors (Lipinski definition) is 1. The lowest BCUT2D eigenvalue weighted by atomic mass is 10.0. The molecule has 1 aromatic heterocycles. The second-order valence-corrected chi connectivity index (χ2v) is 13.5. The molecule has 0 saturated heterocycles. The highest BCUT2D eigenvalue weighted by atomic mass is 16.3. The van der Waals surface area contributed by atoms with E-state index in [0.29, 0.717) is 0 Å². The minimum absolute atomic E-state index is 0.885. The summed E-state index contributed by atoms with van der Waals surface area (Å²) in [7, 11) is 0. The first kappa shape index (κ1) is 30.7. The maximum Gasteiger partial charge on any atom is 0.143 e. The smallest absolute Gasteiger partial charge is 0.143 e. The van der Waals surface area contributed by atoms with Crippen molar-refractivity contribution in [3.8, 4) is 22.3 Å². The summed E-state index contributed by atoms with van der Waals surface area (Å²) >= 11 is 0. The van der Waals surface area contributed by atoms with Crippen LogP contribution in [-0.4, -0.2) is 0 Å². The Morgan fingerprint density at radius 2 is 0.906 bits per heavy atom. The SMILES string of the molecule is c1ccc(-c2ccc(Nc3ccc(-c4ccc(N(c5ccc6oc7c8ccccc8ccc7c6c5)c5cccc6ccccc56)cc4)cc3)cc2)cc1. The summed E-state index contributed by atoms with van der Waals surface area (Å²) < 4.78 is 6.49. The quantitative estimate of drug-likeness (QED) is 0.182. The third kappa shape index (κ3) is 5.65. The molecule has 10 aromatic rings. The maximum absolute atomic E-state index is 6.49. The van der Waals surface area contributed by atoms with Crippen LogP contribution in [0.15, 0.2) is 205 Å². The maximum atomic E-state index is 6.49. The molecule has 0 spiro atoms. The van der Waals surface area contributed by atoms with E-state index in [4.69, 9.17) is 4.42 Å². The van der Waals surface area contributed by atoms with Crippen molar-refractivity contribution in [3.63, 3.8) is 0 Å². The Bertz CT molecular complexity index is 2890. The van der Waals surface area contributed by atoms with E-state index >= 15 is 0 Å². The number of furan rings is 1. The van der Waals surface area contributed by atoms with Crippen molar-refractivity contribution in [1.82, 2.24) is 0 Å². The molecule has 250 valence electrons. The highest BCUT2D eigenvalue weighted by Crippen LogP contribution is 2.42. The summed E-state index contributed by atoms with van der Waals surface area (Å²) in [5, 5.41) is 10.5. The topological polar surface area (TPSA) is 28.4 Å². The first-order valence-electron chi connectivity index (χ1n) is 18.0. The van der Waals surface area contributed by atoms with E-state index in [0.717, 1.165) is 66.9 Å². The molecule has 1 heterocycles. The molecular weight excluding hydrogens is 645 g/mol. The molecule has 53 heavy (non-hydrogen) atoms. The molecule has 9 aromatic carbocycles. The fourth-order valence-electron chi connectivity index (χ4n) is 7.55. The zero-order chi connectivity index (χ0) is 35.1. The third-order valence-electron chi connectivity index (χ3n) is 10.2. The predicted octanol–water partition coefficient (Wildman–Crippen LogP) is 14.4. The van der Waals surface area contributed by atoms with E-state index in [-0.39, 0.29) is 0 Å². The summed E-state index contributed by atoms with van der Waals surface area (Å²) in [6.45, 7) is 0. The fraction of sp³-hybridized carbons (Fsp3) is 0. The Kier molecular flexibility index (Phi) is 7.47. The molecule has 0 aliphatic rings. The summed E-state index contributed by atoms with van der Waals surface area (Å²) in [6.07, 6.45) is 0. The number of rotatable bonds is 7. The Labute approximate surface area is 308 Å². The minimum Gasteiger partial charge on any atom is -0.455 e. The molecule has 0 unspecified atom stereocenters. The van der Waals surface area contributed by atoms with Crippen molar-refractivity contribution < 1.29 is 4.42 Å². The number of benzene rings is 9. The van der Waals surface area contributed by atoms with Crippen LogP contribution in [-0.2, 0) is 0 Å². The molecule has 0 aliphatic carbocycles. The number of hydrogen-bond acceptors (Lipinski definition) is 3. The average Bonchev–Trinajstić information content (AvgIpc) is 3.61. The van der Waals surface area contributed by atoms with Gasteiger partial charge in [0.05, 0.1) is 5.69 Å². The van der Waals surface area contributed by atoms with Gasteiger partial charge in [-0.25, -0.2) is 0 Å². The van der Waals surface area contributed by atoms with Crippen LogP contribution in [0.3, 0.4) is 0 Å². The van der Waals surface area contributed by atoms with Crippen molar-refractivity contribution in [2.45, 2.75) is 0 Å².